The lowest BCUT2D eigenvalue weighted by molar-refractivity contribution is 0.0991. The molecule has 0 aliphatic heterocycles. The first-order valence-corrected chi connectivity index (χ1v) is 18.8. The highest BCUT2D eigenvalue weighted by molar-refractivity contribution is 6.23. The Morgan fingerprint density at radius 3 is 1.43 bits per heavy atom. The molecule has 19 nitrogen and oxygen atoms in total. The zero-order valence-electron chi connectivity index (χ0n) is 33.9. The number of hydrogen-bond acceptors (Lipinski definition) is 17. The molecule has 19 heteroatoms. The molecule has 4 heterocycles. The van der Waals surface area contributed by atoms with Crippen LogP contribution in [0.4, 0.5) is 0 Å². The number of benzene rings is 3. The molecule has 3 aliphatic rings. The number of carbonyl (C=O) groups excluding carboxylic acids is 3. The Hall–Kier alpha value is -7.57. The van der Waals surface area contributed by atoms with Crippen LogP contribution in [0.15, 0.2) is 36.4 Å². The summed E-state index contributed by atoms with van der Waals surface area (Å²) >= 11 is 0. The third-order valence-corrected chi connectivity index (χ3v) is 10.3. The van der Waals surface area contributed by atoms with Crippen molar-refractivity contribution in [2.24, 2.45) is 0 Å². The number of hydrogen-bond donors (Lipinski definition) is 0. The van der Waals surface area contributed by atoms with Gasteiger partial charge in [-0.2, -0.15) is 19.2 Å². The molecule has 7 aromatic rings. The van der Waals surface area contributed by atoms with Gasteiger partial charge in [0.2, 0.25) is 11.6 Å². The average Bonchev–Trinajstić information content (AvgIpc) is 4.11. The Morgan fingerprint density at radius 2 is 0.934 bits per heavy atom. The van der Waals surface area contributed by atoms with Crippen molar-refractivity contribution in [3.05, 3.63) is 81.7 Å². The second kappa shape index (κ2) is 16.6. The summed E-state index contributed by atoms with van der Waals surface area (Å²) in [5, 5.41) is 25.0. The van der Waals surface area contributed by atoms with Gasteiger partial charge in [0, 0.05) is 24.8 Å². The summed E-state index contributed by atoms with van der Waals surface area (Å²) < 4.78 is 34.8. The number of fused-ring (bicyclic) bond motifs is 9. The van der Waals surface area contributed by atoms with Crippen molar-refractivity contribution in [3.8, 4) is 57.0 Å². The molecule has 3 aliphatic carbocycles. The number of rotatable bonds is 8. The second-order valence-electron chi connectivity index (χ2n) is 13.4. The Balaban J connectivity index is 0.000000141. The minimum atomic E-state index is -0.248. The van der Waals surface area contributed by atoms with Crippen molar-refractivity contribution in [2.45, 2.75) is 47.0 Å². The summed E-state index contributed by atoms with van der Waals surface area (Å²) in [5.74, 6) is 5.05. The fraction of sp³-hybridized carbons (Fsp3) is 0.310. The number of ether oxygens (including phenoxy) is 6. The number of aromatic nitrogens is 10. The largest absolute Gasteiger partial charge is 0.496 e. The van der Waals surface area contributed by atoms with E-state index in [0.29, 0.717) is 111 Å². The van der Waals surface area contributed by atoms with Gasteiger partial charge in [-0.25, -0.2) is 9.97 Å². The van der Waals surface area contributed by atoms with Crippen molar-refractivity contribution in [3.63, 3.8) is 0 Å². The van der Waals surface area contributed by atoms with E-state index >= 15 is 0 Å². The molecule has 10 rings (SSSR count). The Bertz CT molecular complexity index is 2910. The standard InChI is InChI=1S/2C15H13N5O3.C11H12O3.CH4/c1-4-9-17-18-15-16-13-12(19-20(9)15)10-7(22-2)5-6-8(23-3)11(10)14(13)21;1-4-9-17-18-15-16-12-10-7(22-2)5-6-8(23-3)11(10)14(21)13(12)19-20(9)15;1-13-10-5-7-3-4-9(12)8(7)6-11(10)14-2;/h2*5-6H,4H2,1-3H3;5-6H,3-4H2,1-2H3;1H4. The Morgan fingerprint density at radius 1 is 0.508 bits per heavy atom. The first-order valence-electron chi connectivity index (χ1n) is 18.8. The molecule has 0 radical (unpaired) electrons. The Labute approximate surface area is 349 Å². The molecule has 0 spiro atoms. The van der Waals surface area contributed by atoms with Crippen LogP contribution in [0.2, 0.25) is 0 Å². The van der Waals surface area contributed by atoms with E-state index in [1.54, 1.807) is 63.3 Å². The van der Waals surface area contributed by atoms with E-state index in [9.17, 15) is 14.4 Å². The first kappa shape index (κ1) is 41.6. The molecular formula is C42H42N10O9. The van der Waals surface area contributed by atoms with Gasteiger partial charge in [0.15, 0.2) is 34.6 Å². The van der Waals surface area contributed by atoms with Crippen LogP contribution in [0.25, 0.3) is 34.1 Å². The minimum absolute atomic E-state index is 0. The van der Waals surface area contributed by atoms with Gasteiger partial charge in [-0.05, 0) is 48.4 Å². The van der Waals surface area contributed by atoms with Crippen LogP contribution in [0.5, 0.6) is 34.5 Å². The maximum absolute atomic E-state index is 12.8. The molecule has 3 aromatic carbocycles. The molecule has 0 amide bonds. The van der Waals surface area contributed by atoms with Crippen molar-refractivity contribution in [1.82, 2.24) is 49.6 Å². The van der Waals surface area contributed by atoms with Gasteiger partial charge in [-0.3, -0.25) is 14.4 Å². The second-order valence-corrected chi connectivity index (χ2v) is 13.4. The van der Waals surface area contributed by atoms with E-state index in [-0.39, 0.29) is 36.2 Å². The van der Waals surface area contributed by atoms with Crippen molar-refractivity contribution >= 4 is 28.9 Å². The SMILES string of the molecule is C.CCc1nnc2nc3c(nn12)-c1c(OC)ccc(OC)c1C3=O.CCc1nnc2nc3c(nn12)C(=O)c1c(OC)ccc(OC)c1-3.COc1cc2c(cc1OC)C(=O)CC2. The number of methoxy groups -OCH3 is 6. The lowest BCUT2D eigenvalue weighted by Gasteiger charge is -2.10. The summed E-state index contributed by atoms with van der Waals surface area (Å²) in [7, 11) is 9.30. The summed E-state index contributed by atoms with van der Waals surface area (Å²) in [5.41, 5.74) is 5.26. The van der Waals surface area contributed by atoms with Crippen LogP contribution in [0, 0.1) is 0 Å². The van der Waals surface area contributed by atoms with Gasteiger partial charge < -0.3 is 28.4 Å². The van der Waals surface area contributed by atoms with Gasteiger partial charge >= 0.3 is 0 Å². The van der Waals surface area contributed by atoms with Crippen LogP contribution in [0.1, 0.15) is 87.4 Å². The number of ketones is 3. The number of nitrogens with zero attached hydrogens (tertiary/aromatic N) is 10. The number of Topliss-reactive ketones (excluding diaryl/α,β-unsaturated/α-hetero) is 1. The highest BCUT2D eigenvalue weighted by atomic mass is 16.5. The molecule has 0 unspecified atom stereocenters. The summed E-state index contributed by atoms with van der Waals surface area (Å²) in [6.45, 7) is 3.89. The average molecular weight is 831 g/mol. The molecule has 0 N–H and O–H groups in total. The monoisotopic (exact) mass is 830 g/mol. The van der Waals surface area contributed by atoms with Crippen molar-refractivity contribution in [1.29, 1.82) is 0 Å². The lowest BCUT2D eigenvalue weighted by atomic mass is 10.1. The summed E-state index contributed by atoms with van der Waals surface area (Å²) in [6, 6.07) is 10.5. The van der Waals surface area contributed by atoms with Crippen LogP contribution in [-0.2, 0) is 19.3 Å². The Kier molecular flexibility index (Phi) is 11.3. The number of carbonyl (C=O) groups is 3. The quantitative estimate of drug-likeness (QED) is 0.195. The maximum atomic E-state index is 12.8. The first-order chi connectivity index (χ1) is 29.1. The zero-order chi connectivity index (χ0) is 42.4. The van der Waals surface area contributed by atoms with E-state index in [0.717, 1.165) is 17.5 Å². The van der Waals surface area contributed by atoms with Gasteiger partial charge in [0.1, 0.15) is 40.1 Å². The normalized spacial score (nSPS) is 12.6. The fourth-order valence-electron chi connectivity index (χ4n) is 7.38. The molecule has 0 bridgehead atoms. The van der Waals surface area contributed by atoms with Crippen LogP contribution < -0.4 is 28.4 Å². The molecule has 0 atom stereocenters. The third kappa shape index (κ3) is 6.67. The molecule has 61 heavy (non-hydrogen) atoms. The predicted molar refractivity (Wildman–Crippen MR) is 219 cm³/mol. The van der Waals surface area contributed by atoms with Crippen LogP contribution >= 0.6 is 0 Å². The van der Waals surface area contributed by atoms with Crippen LogP contribution in [0.3, 0.4) is 0 Å². The van der Waals surface area contributed by atoms with E-state index in [1.165, 1.54) is 18.7 Å². The fourth-order valence-corrected chi connectivity index (χ4v) is 7.38. The molecule has 0 saturated carbocycles. The predicted octanol–water partition coefficient (Wildman–Crippen LogP) is 5.09. The highest BCUT2D eigenvalue weighted by Gasteiger charge is 2.38. The molecule has 4 aromatic heterocycles. The van der Waals surface area contributed by atoms with E-state index < -0.39 is 0 Å². The molecule has 0 fully saturated rings. The van der Waals surface area contributed by atoms with Crippen LogP contribution in [-0.4, -0.2) is 110 Å². The molecular weight excluding hydrogens is 789 g/mol. The number of aryl methyl sites for hydroxylation is 3. The maximum Gasteiger partial charge on any atom is 0.272 e. The molecule has 0 saturated heterocycles. The third-order valence-electron chi connectivity index (χ3n) is 10.3. The van der Waals surface area contributed by atoms with Gasteiger partial charge in [-0.1, -0.05) is 21.3 Å². The zero-order valence-corrected chi connectivity index (χ0v) is 33.9. The van der Waals surface area contributed by atoms with Gasteiger partial charge in [-0.15, -0.1) is 20.4 Å². The van der Waals surface area contributed by atoms with E-state index in [4.69, 9.17) is 28.4 Å². The van der Waals surface area contributed by atoms with Crippen molar-refractivity contribution < 1.29 is 42.8 Å². The lowest BCUT2D eigenvalue weighted by Crippen LogP contribution is -2.07. The highest BCUT2D eigenvalue weighted by Crippen LogP contribution is 2.46. The topological polar surface area (TPSA) is 219 Å². The minimum Gasteiger partial charge on any atom is -0.496 e. The molecule has 314 valence electrons. The van der Waals surface area contributed by atoms with E-state index in [2.05, 4.69) is 40.6 Å². The van der Waals surface area contributed by atoms with E-state index in [1.807, 2.05) is 19.9 Å². The van der Waals surface area contributed by atoms with Crippen molar-refractivity contribution in [2.75, 3.05) is 42.7 Å². The smallest absolute Gasteiger partial charge is 0.272 e. The van der Waals surface area contributed by atoms with Gasteiger partial charge in [0.05, 0.1) is 64.9 Å². The summed E-state index contributed by atoms with van der Waals surface area (Å²) in [6.07, 6.45) is 2.72. The summed E-state index contributed by atoms with van der Waals surface area (Å²) in [4.78, 5) is 45.8. The van der Waals surface area contributed by atoms with Gasteiger partial charge in [0.25, 0.3) is 11.6 Å².